The molecule has 6 nitrogen and oxygen atoms in total. The first kappa shape index (κ1) is 10.8. The molecule has 3 N–H and O–H groups in total. The number of hydrogen-bond acceptors (Lipinski definition) is 5. The molecule has 0 aromatic carbocycles. The number of guanidine groups is 1. The second kappa shape index (κ2) is 3.70. The summed E-state index contributed by atoms with van der Waals surface area (Å²) in [5.41, 5.74) is 8.77. The number of rotatable bonds is 2. The normalized spacial score (nSPS) is 15.1. The van der Waals surface area contributed by atoms with Gasteiger partial charge in [0.2, 0.25) is 5.96 Å². The van der Waals surface area contributed by atoms with Gasteiger partial charge in [-0.2, -0.15) is 4.99 Å². The minimum atomic E-state index is 0.267. The summed E-state index contributed by atoms with van der Waals surface area (Å²) in [6.45, 7) is 8.33. The Morgan fingerprint density at radius 2 is 1.94 bits per heavy atom. The summed E-state index contributed by atoms with van der Waals surface area (Å²) in [6, 6.07) is 0.586. The number of imidazole rings is 1. The predicted molar refractivity (Wildman–Crippen MR) is 64.6 cm³/mol. The van der Waals surface area contributed by atoms with Crippen LogP contribution >= 0.6 is 0 Å². The van der Waals surface area contributed by atoms with Crippen molar-refractivity contribution in [3.8, 4) is 0 Å². The number of nitrogens with two attached hydrogens (primary N) is 1. The molecule has 1 aliphatic rings. The molecule has 1 aliphatic heterocycles. The largest absolute Gasteiger partial charge is 0.368 e. The van der Waals surface area contributed by atoms with Crippen LogP contribution in [0, 0.1) is 0 Å². The number of fused-ring (bicyclic) bond motifs is 1. The second-order valence-corrected chi connectivity index (χ2v) is 4.47. The van der Waals surface area contributed by atoms with Crippen LogP contribution in [0.4, 0.5) is 11.6 Å². The maximum atomic E-state index is 5.76. The fourth-order valence-electron chi connectivity index (χ4n) is 1.69. The molecule has 0 amide bonds. The summed E-state index contributed by atoms with van der Waals surface area (Å²) in [5.74, 6) is 2.06. The third-order valence-corrected chi connectivity index (χ3v) is 2.51. The van der Waals surface area contributed by atoms with Crippen molar-refractivity contribution in [2.45, 2.75) is 39.8 Å². The van der Waals surface area contributed by atoms with E-state index in [0.717, 1.165) is 11.6 Å². The average molecular weight is 222 g/mol. The highest BCUT2D eigenvalue weighted by Gasteiger charge is 2.25. The Morgan fingerprint density at radius 3 is 2.50 bits per heavy atom. The molecule has 0 aliphatic carbocycles. The van der Waals surface area contributed by atoms with E-state index in [0.29, 0.717) is 12.0 Å². The van der Waals surface area contributed by atoms with Gasteiger partial charge in [-0.1, -0.05) is 0 Å². The van der Waals surface area contributed by atoms with Crippen LogP contribution in [-0.4, -0.2) is 21.6 Å². The van der Waals surface area contributed by atoms with E-state index in [4.69, 9.17) is 5.73 Å². The lowest BCUT2D eigenvalue weighted by atomic mass is 10.3. The van der Waals surface area contributed by atoms with Crippen molar-refractivity contribution in [3.05, 3.63) is 6.33 Å². The molecule has 0 saturated heterocycles. The Balaban J connectivity index is 2.49. The van der Waals surface area contributed by atoms with Gasteiger partial charge in [0, 0.05) is 12.1 Å². The molecular formula is C10H18N6. The molecule has 0 radical (unpaired) electrons. The van der Waals surface area contributed by atoms with Crippen molar-refractivity contribution >= 4 is 17.6 Å². The van der Waals surface area contributed by atoms with Crippen LogP contribution in [0.1, 0.15) is 33.7 Å². The average Bonchev–Trinajstić information content (AvgIpc) is 2.59. The minimum absolute atomic E-state index is 0.267. The summed E-state index contributed by atoms with van der Waals surface area (Å²) < 4.78 is 2.01. The molecule has 6 heteroatoms. The molecule has 0 atom stereocenters. The quantitative estimate of drug-likeness (QED) is 0.787. The first-order valence-electron chi connectivity index (χ1n) is 5.47. The van der Waals surface area contributed by atoms with Crippen LogP contribution in [0.5, 0.6) is 0 Å². The summed E-state index contributed by atoms with van der Waals surface area (Å²) in [6.07, 6.45) is 1.80. The van der Waals surface area contributed by atoms with Crippen molar-refractivity contribution in [2.75, 3.05) is 5.01 Å². The lowest BCUT2D eigenvalue weighted by molar-refractivity contribution is 0.596. The molecule has 1 aromatic heterocycles. The smallest absolute Gasteiger partial charge is 0.214 e. The zero-order valence-electron chi connectivity index (χ0n) is 10.1. The van der Waals surface area contributed by atoms with Gasteiger partial charge in [0.25, 0.3) is 0 Å². The number of hydrogen-bond donors (Lipinski definition) is 2. The SMILES string of the molecule is CC(C)N1NC(N)=Nc2c1ncn2C(C)C. The third kappa shape index (κ3) is 1.60. The van der Waals surface area contributed by atoms with Crippen molar-refractivity contribution in [2.24, 2.45) is 10.7 Å². The van der Waals surface area contributed by atoms with Crippen molar-refractivity contribution < 1.29 is 0 Å². The summed E-state index contributed by atoms with van der Waals surface area (Å²) in [4.78, 5) is 8.68. The van der Waals surface area contributed by atoms with Gasteiger partial charge in [-0.3, -0.25) is 10.4 Å². The van der Waals surface area contributed by atoms with Gasteiger partial charge in [-0.15, -0.1) is 0 Å². The predicted octanol–water partition coefficient (Wildman–Crippen LogP) is 1.14. The third-order valence-electron chi connectivity index (χ3n) is 2.51. The summed E-state index contributed by atoms with van der Waals surface area (Å²) >= 11 is 0. The Bertz CT molecular complexity index is 417. The van der Waals surface area contributed by atoms with E-state index in [1.165, 1.54) is 0 Å². The fraction of sp³-hybridized carbons (Fsp3) is 0.600. The monoisotopic (exact) mass is 222 g/mol. The first-order chi connectivity index (χ1) is 7.50. The Kier molecular flexibility index (Phi) is 2.49. The van der Waals surface area contributed by atoms with Gasteiger partial charge in [0.1, 0.15) is 0 Å². The number of nitrogens with zero attached hydrogens (tertiary/aromatic N) is 4. The van der Waals surface area contributed by atoms with E-state index in [1.54, 1.807) is 6.33 Å². The van der Waals surface area contributed by atoms with Crippen molar-refractivity contribution in [3.63, 3.8) is 0 Å². The van der Waals surface area contributed by atoms with Crippen LogP contribution in [0.3, 0.4) is 0 Å². The number of anilines is 1. The van der Waals surface area contributed by atoms with Gasteiger partial charge in [-0.05, 0) is 27.7 Å². The van der Waals surface area contributed by atoms with Crippen LogP contribution < -0.4 is 16.2 Å². The van der Waals surface area contributed by atoms with E-state index in [-0.39, 0.29) is 6.04 Å². The zero-order chi connectivity index (χ0) is 11.9. The van der Waals surface area contributed by atoms with Gasteiger partial charge in [-0.25, -0.2) is 4.98 Å². The highest BCUT2D eigenvalue weighted by atomic mass is 15.6. The van der Waals surface area contributed by atoms with E-state index < -0.39 is 0 Å². The van der Waals surface area contributed by atoms with Crippen molar-refractivity contribution in [1.29, 1.82) is 0 Å². The molecule has 1 aromatic rings. The topological polar surface area (TPSA) is 71.5 Å². The second-order valence-electron chi connectivity index (χ2n) is 4.47. The molecule has 0 saturated carbocycles. The maximum absolute atomic E-state index is 5.76. The van der Waals surface area contributed by atoms with Crippen LogP contribution in [-0.2, 0) is 0 Å². The van der Waals surface area contributed by atoms with E-state index in [9.17, 15) is 0 Å². The minimum Gasteiger partial charge on any atom is -0.368 e. The lowest BCUT2D eigenvalue weighted by Crippen LogP contribution is -2.51. The number of aromatic nitrogens is 2. The molecule has 16 heavy (non-hydrogen) atoms. The van der Waals surface area contributed by atoms with E-state index in [1.807, 2.05) is 9.58 Å². The maximum Gasteiger partial charge on any atom is 0.214 e. The molecule has 2 rings (SSSR count). The number of hydrazine groups is 1. The van der Waals surface area contributed by atoms with Crippen LogP contribution in [0.25, 0.3) is 0 Å². The number of aliphatic imine (C=N–C) groups is 1. The zero-order valence-corrected chi connectivity index (χ0v) is 10.1. The summed E-state index contributed by atoms with van der Waals surface area (Å²) in [5, 5.41) is 1.93. The molecular weight excluding hydrogens is 204 g/mol. The molecule has 0 spiro atoms. The highest BCUT2D eigenvalue weighted by Crippen LogP contribution is 2.32. The Labute approximate surface area is 95.1 Å². The Hall–Kier alpha value is -1.72. The molecule has 2 heterocycles. The van der Waals surface area contributed by atoms with Gasteiger partial charge >= 0.3 is 0 Å². The molecule has 0 fully saturated rings. The fourth-order valence-corrected chi connectivity index (χ4v) is 1.69. The van der Waals surface area contributed by atoms with Crippen LogP contribution in [0.15, 0.2) is 11.3 Å². The first-order valence-corrected chi connectivity index (χ1v) is 5.47. The van der Waals surface area contributed by atoms with Crippen LogP contribution in [0.2, 0.25) is 0 Å². The van der Waals surface area contributed by atoms with Gasteiger partial charge < -0.3 is 10.3 Å². The molecule has 88 valence electrons. The van der Waals surface area contributed by atoms with Gasteiger partial charge in [0.05, 0.1) is 6.33 Å². The van der Waals surface area contributed by atoms with E-state index in [2.05, 4.69) is 43.1 Å². The highest BCUT2D eigenvalue weighted by molar-refractivity contribution is 5.87. The molecule has 0 bridgehead atoms. The standard InChI is InChI=1S/C10H18N6/c1-6(2)15-5-12-8-9(15)13-10(11)14-16(8)7(3)4/h5-7H,1-4H3,(H3,11,13,14). The Morgan fingerprint density at radius 1 is 1.25 bits per heavy atom. The summed E-state index contributed by atoms with van der Waals surface area (Å²) in [7, 11) is 0. The lowest BCUT2D eigenvalue weighted by Gasteiger charge is -2.31. The van der Waals surface area contributed by atoms with E-state index >= 15 is 0 Å². The van der Waals surface area contributed by atoms with Gasteiger partial charge in [0.15, 0.2) is 11.6 Å². The number of nitrogens with one attached hydrogen (secondary N) is 1. The van der Waals surface area contributed by atoms with Crippen molar-refractivity contribution in [1.82, 2.24) is 15.0 Å². The molecule has 0 unspecified atom stereocenters.